The summed E-state index contributed by atoms with van der Waals surface area (Å²) in [5, 5.41) is 3.05. The Hall–Kier alpha value is -2.45. The van der Waals surface area contributed by atoms with E-state index in [-0.39, 0.29) is 0 Å². The standard InChI is InChI=1S/C25H36N4OSi.CHF3O3S/c1-27(2)19-7-9-21-23(17-19)31(5,6)24-18-20(28(3)4)8-10-22(24)25(21)26-11-12-29-13-15-30-16-14-29;2-1(3,4)8(5,6)7/h7-10,17-18H,11-16H2,1-6H3;(H,5,6,7). The summed E-state index contributed by atoms with van der Waals surface area (Å²) < 4.78 is 64.4. The van der Waals surface area contributed by atoms with Gasteiger partial charge < -0.3 is 19.1 Å². The molecule has 8 nitrogen and oxygen atoms in total. The molecule has 13 heteroatoms. The molecule has 2 aromatic carbocycles. The van der Waals surface area contributed by atoms with Gasteiger partial charge in [-0.1, -0.05) is 13.1 Å². The average molecular weight is 587 g/mol. The van der Waals surface area contributed by atoms with E-state index in [9.17, 15) is 13.2 Å². The number of hydrogen-bond acceptors (Lipinski definition) is 7. The van der Waals surface area contributed by atoms with Crippen molar-refractivity contribution in [2.24, 2.45) is 0 Å². The third-order valence-electron chi connectivity index (χ3n) is 7.04. The zero-order chi connectivity index (χ0) is 29.2. The van der Waals surface area contributed by atoms with Crippen molar-refractivity contribution in [3.05, 3.63) is 47.5 Å². The van der Waals surface area contributed by atoms with E-state index in [1.165, 1.54) is 38.6 Å². The van der Waals surface area contributed by atoms with Crippen LogP contribution in [0, 0.1) is 0 Å². The Morgan fingerprint density at radius 2 is 1.38 bits per heavy atom. The van der Waals surface area contributed by atoms with Gasteiger partial charge in [0.05, 0.1) is 19.8 Å². The van der Waals surface area contributed by atoms with E-state index in [2.05, 4.69) is 97.4 Å². The van der Waals surface area contributed by atoms with E-state index in [1.54, 1.807) is 0 Å². The van der Waals surface area contributed by atoms with Crippen molar-refractivity contribution in [3.8, 4) is 0 Å². The Morgan fingerprint density at radius 1 is 0.949 bits per heavy atom. The van der Waals surface area contributed by atoms with Crippen molar-refractivity contribution in [2.75, 3.05) is 77.4 Å². The number of benzene rings is 2. The first-order chi connectivity index (χ1) is 18.0. The van der Waals surface area contributed by atoms with E-state index < -0.39 is 23.7 Å². The molecule has 4 rings (SSSR count). The molecule has 0 bridgehead atoms. The molecule has 1 fully saturated rings. The second kappa shape index (κ2) is 12.0. The van der Waals surface area contributed by atoms with Crippen LogP contribution in [0.4, 0.5) is 24.5 Å². The van der Waals surface area contributed by atoms with Gasteiger partial charge in [0.1, 0.15) is 8.07 Å². The fourth-order valence-electron chi connectivity index (χ4n) is 4.74. The van der Waals surface area contributed by atoms with Gasteiger partial charge in [0.15, 0.2) is 16.7 Å². The number of hydrogen-bond donors (Lipinski definition) is 1. The molecule has 2 heterocycles. The molecule has 2 aromatic rings. The number of nitrogens with zero attached hydrogens (tertiary/aromatic N) is 3. The fraction of sp³-hybridized carbons (Fsp3) is 0.500. The van der Waals surface area contributed by atoms with Crippen LogP contribution in [0.1, 0.15) is 11.1 Å². The highest BCUT2D eigenvalue weighted by Crippen LogP contribution is 2.25. The molecule has 2 aliphatic rings. The lowest BCUT2D eigenvalue weighted by molar-refractivity contribution is -0.456. The van der Waals surface area contributed by atoms with Crippen LogP contribution in [-0.4, -0.2) is 105 Å². The minimum atomic E-state index is -6.09. The van der Waals surface area contributed by atoms with Crippen molar-refractivity contribution >= 4 is 45.7 Å². The molecule has 0 spiro atoms. The number of fused-ring (bicyclic) bond motifs is 2. The van der Waals surface area contributed by atoms with Gasteiger partial charge >= 0.3 is 5.51 Å². The maximum Gasteiger partial charge on any atom is 0.485 e. The molecular formula is C26H37F3N4O4SSi. The predicted octanol–water partition coefficient (Wildman–Crippen LogP) is 0.256. The lowest BCUT2D eigenvalue weighted by Crippen LogP contribution is -2.78. The Kier molecular flexibility index (Phi) is 9.53. The first-order valence-electron chi connectivity index (χ1n) is 12.6. The van der Waals surface area contributed by atoms with Gasteiger partial charge in [-0.05, 0) is 46.8 Å². The predicted molar refractivity (Wildman–Crippen MR) is 150 cm³/mol. The zero-order valence-electron chi connectivity index (χ0n) is 23.2. The third-order valence-corrected chi connectivity index (χ3v) is 11.1. The van der Waals surface area contributed by atoms with E-state index in [4.69, 9.17) is 17.7 Å². The summed E-state index contributed by atoms with van der Waals surface area (Å²) in [6.07, 6.45) is 0. The number of nitrogens with one attached hydrogen (secondary N) is 1. The van der Waals surface area contributed by atoms with Crippen molar-refractivity contribution in [1.82, 2.24) is 4.90 Å². The molecule has 0 aromatic heterocycles. The number of ether oxygens (including phenoxy) is 1. The zero-order valence-corrected chi connectivity index (χ0v) is 25.0. The van der Waals surface area contributed by atoms with Crippen LogP contribution < -0.4 is 25.2 Å². The molecule has 0 aliphatic carbocycles. The van der Waals surface area contributed by atoms with Gasteiger partial charge in [-0.2, -0.15) is 13.2 Å². The monoisotopic (exact) mass is 586 g/mol. The lowest BCUT2D eigenvalue weighted by Gasteiger charge is -2.34. The van der Waals surface area contributed by atoms with Gasteiger partial charge in [-0.25, -0.2) is 13.4 Å². The number of anilines is 2. The Labute approximate surface area is 229 Å². The van der Waals surface area contributed by atoms with Crippen LogP contribution in [0.3, 0.4) is 0 Å². The maximum absolute atomic E-state index is 10.7. The molecule has 0 radical (unpaired) electrons. The van der Waals surface area contributed by atoms with Crippen molar-refractivity contribution in [2.45, 2.75) is 18.6 Å². The van der Waals surface area contributed by atoms with Gasteiger partial charge in [-0.3, -0.25) is 4.90 Å². The van der Waals surface area contributed by atoms with E-state index in [0.29, 0.717) is 0 Å². The van der Waals surface area contributed by atoms with Gasteiger partial charge in [0, 0.05) is 63.8 Å². The van der Waals surface area contributed by atoms with E-state index in [1.807, 2.05) is 0 Å². The molecular weight excluding hydrogens is 549 g/mol. The number of halogens is 3. The van der Waals surface area contributed by atoms with Crippen LogP contribution in [0.15, 0.2) is 36.4 Å². The van der Waals surface area contributed by atoms with Crippen LogP contribution in [0.25, 0.3) is 0 Å². The summed E-state index contributed by atoms with van der Waals surface area (Å²) >= 11 is 0. The summed E-state index contributed by atoms with van der Waals surface area (Å²) in [6, 6.07) is 14.0. The lowest BCUT2D eigenvalue weighted by atomic mass is 10.00. The summed E-state index contributed by atoms with van der Waals surface area (Å²) in [5.74, 6) is 0. The summed E-state index contributed by atoms with van der Waals surface area (Å²) in [6.45, 7) is 10.7. The van der Waals surface area contributed by atoms with Gasteiger partial charge in [0.25, 0.3) is 0 Å². The van der Waals surface area contributed by atoms with E-state index >= 15 is 0 Å². The molecule has 216 valence electrons. The quantitative estimate of drug-likeness (QED) is 0.306. The molecule has 0 saturated carbocycles. The minimum Gasteiger partial charge on any atom is -0.741 e. The van der Waals surface area contributed by atoms with Crippen LogP contribution >= 0.6 is 0 Å². The second-order valence-electron chi connectivity index (χ2n) is 10.5. The topological polar surface area (TPSA) is 90.1 Å². The molecule has 0 amide bonds. The van der Waals surface area contributed by atoms with Crippen molar-refractivity contribution in [3.63, 3.8) is 0 Å². The molecule has 0 unspecified atom stereocenters. The minimum absolute atomic E-state index is 0.850. The summed E-state index contributed by atoms with van der Waals surface area (Å²) in [7, 11) is 0.579. The fourth-order valence-corrected chi connectivity index (χ4v) is 7.81. The normalized spacial score (nSPS) is 16.9. The number of alkyl halides is 3. The van der Waals surface area contributed by atoms with Crippen LogP contribution in [-0.2, 0) is 14.9 Å². The first-order valence-corrected chi connectivity index (χ1v) is 17.0. The first kappa shape index (κ1) is 31.1. The van der Waals surface area contributed by atoms with Crippen molar-refractivity contribution < 1.29 is 35.9 Å². The third kappa shape index (κ3) is 7.20. The molecule has 2 aliphatic heterocycles. The summed E-state index contributed by atoms with van der Waals surface area (Å²) in [5.41, 5.74) is 0.968. The Balaban J connectivity index is 0.000000459. The second-order valence-corrected chi connectivity index (χ2v) is 16.2. The molecule has 39 heavy (non-hydrogen) atoms. The highest BCUT2D eigenvalue weighted by Gasteiger charge is 2.40. The van der Waals surface area contributed by atoms with Crippen LogP contribution in [0.2, 0.25) is 13.1 Å². The maximum atomic E-state index is 10.7. The van der Waals surface area contributed by atoms with Crippen molar-refractivity contribution in [1.29, 1.82) is 0 Å². The smallest absolute Gasteiger partial charge is 0.485 e. The van der Waals surface area contributed by atoms with Crippen LogP contribution in [0.5, 0.6) is 0 Å². The molecule has 1 N–H and O–H groups in total. The highest BCUT2D eigenvalue weighted by molar-refractivity contribution is 7.86. The highest BCUT2D eigenvalue weighted by atomic mass is 32.2. The number of rotatable bonds is 5. The SMILES string of the molecule is CN(C)c1ccc2c(c1)[Si](C)(C)c1cc(N(C)C)ccc1C2=[NH+]CCN1CCOCC1.O=S(=O)([O-])C(F)(F)F. The largest absolute Gasteiger partial charge is 0.741 e. The summed E-state index contributed by atoms with van der Waals surface area (Å²) in [4.78, 5) is 10.8. The average Bonchev–Trinajstić information content (AvgIpc) is 2.85. The van der Waals surface area contributed by atoms with Gasteiger partial charge in [-0.15, -0.1) is 0 Å². The van der Waals surface area contributed by atoms with E-state index in [0.717, 1.165) is 39.4 Å². The number of morpholine rings is 1. The van der Waals surface area contributed by atoms with Gasteiger partial charge in [0.2, 0.25) is 5.71 Å². The molecule has 1 saturated heterocycles. The molecule has 0 atom stereocenters. The Bertz CT molecular complexity index is 1250. The Morgan fingerprint density at radius 3 is 1.77 bits per heavy atom.